The number of allylic oxidation sites excluding steroid dienone is 1. The lowest BCUT2D eigenvalue weighted by molar-refractivity contribution is -0.148. The number of hydrogen-bond acceptors (Lipinski definition) is 3. The Balaban J connectivity index is 1.63. The predicted molar refractivity (Wildman–Crippen MR) is 91.2 cm³/mol. The second kappa shape index (κ2) is 7.58. The molecule has 0 bridgehead atoms. The Hall–Kier alpha value is -1.90. The van der Waals surface area contributed by atoms with Gasteiger partial charge >= 0.3 is 5.97 Å². The molecule has 2 rings (SSSR count). The Bertz CT molecular complexity index is 566. The van der Waals surface area contributed by atoms with E-state index in [2.05, 4.69) is 0 Å². The van der Waals surface area contributed by atoms with Crippen molar-refractivity contribution in [1.82, 2.24) is 0 Å². The van der Waals surface area contributed by atoms with E-state index < -0.39 is 5.60 Å². The summed E-state index contributed by atoms with van der Waals surface area (Å²) in [5.41, 5.74) is 0.380. The number of carbonyl (C=O) groups excluding carboxylic acids is 2. The first kappa shape index (κ1) is 17.5. The molecular formula is C20H26O3. The molecule has 0 amide bonds. The fraction of sp³-hybridized carbons (Fsp3) is 0.500. The van der Waals surface area contributed by atoms with E-state index in [9.17, 15) is 9.59 Å². The van der Waals surface area contributed by atoms with Crippen molar-refractivity contribution in [2.24, 2.45) is 11.8 Å². The third-order valence-electron chi connectivity index (χ3n) is 3.92. The molecule has 3 heteroatoms. The van der Waals surface area contributed by atoms with E-state index in [4.69, 9.17) is 4.74 Å². The van der Waals surface area contributed by atoms with Crippen LogP contribution in [0.25, 0.3) is 0 Å². The molecule has 23 heavy (non-hydrogen) atoms. The second-order valence-corrected chi connectivity index (χ2v) is 7.20. The third-order valence-corrected chi connectivity index (χ3v) is 3.92. The molecule has 0 aliphatic heterocycles. The molecule has 1 aromatic carbocycles. The summed E-state index contributed by atoms with van der Waals surface area (Å²) < 4.78 is 5.20. The minimum absolute atomic E-state index is 0.201. The molecule has 0 N–H and O–H groups in total. The quantitative estimate of drug-likeness (QED) is 0.320. The van der Waals surface area contributed by atoms with Gasteiger partial charge in [-0.1, -0.05) is 36.4 Å². The number of hydrogen-bond donors (Lipinski definition) is 0. The molecule has 2 unspecified atom stereocenters. The highest BCUT2D eigenvalue weighted by molar-refractivity contribution is 5.99. The number of carbonyl (C=O) groups is 2. The van der Waals surface area contributed by atoms with Gasteiger partial charge in [0, 0.05) is 17.6 Å². The first-order valence-electron chi connectivity index (χ1n) is 8.35. The third kappa shape index (κ3) is 6.01. The molecule has 0 heterocycles. The summed E-state index contributed by atoms with van der Waals surface area (Å²) in [6.45, 7) is 5.57. The van der Waals surface area contributed by atoms with E-state index >= 15 is 0 Å². The Morgan fingerprint density at radius 1 is 1.22 bits per heavy atom. The molecule has 1 fully saturated rings. The average Bonchev–Trinajstić information content (AvgIpc) is 3.25. The van der Waals surface area contributed by atoms with E-state index in [1.54, 1.807) is 0 Å². The minimum Gasteiger partial charge on any atom is -0.457 e. The summed E-state index contributed by atoms with van der Waals surface area (Å²) in [6.07, 6.45) is 7.27. The normalized spacial score (nSPS) is 20.5. The highest BCUT2D eigenvalue weighted by atomic mass is 16.6. The van der Waals surface area contributed by atoms with Crippen LogP contribution in [0.4, 0.5) is 0 Å². The van der Waals surface area contributed by atoms with Crippen LogP contribution in [0.3, 0.4) is 0 Å². The van der Waals surface area contributed by atoms with Crippen LogP contribution < -0.4 is 0 Å². The van der Waals surface area contributed by atoms with Crippen molar-refractivity contribution in [3.63, 3.8) is 0 Å². The summed E-state index contributed by atoms with van der Waals surface area (Å²) in [7, 11) is 0. The largest absolute Gasteiger partial charge is 0.457 e. The Morgan fingerprint density at radius 2 is 1.91 bits per heavy atom. The molecule has 124 valence electrons. The molecule has 1 aromatic rings. The fourth-order valence-corrected chi connectivity index (χ4v) is 2.72. The van der Waals surface area contributed by atoms with Crippen molar-refractivity contribution in [2.75, 3.05) is 0 Å². The standard InChI is InChI=1S/C20H26O3/c1-20(2,3)23-18(21)13-9-5-8-12-16-14-17(16)19(22)15-10-6-4-7-11-15/h4,6-7,9-11,13,16-17H,5,8,12,14H2,1-3H3/b13-9+. The second-order valence-electron chi connectivity index (χ2n) is 7.20. The van der Waals surface area contributed by atoms with Gasteiger partial charge in [-0.3, -0.25) is 4.79 Å². The van der Waals surface area contributed by atoms with Crippen LogP contribution >= 0.6 is 0 Å². The molecule has 3 nitrogen and oxygen atoms in total. The summed E-state index contributed by atoms with van der Waals surface area (Å²) in [5.74, 6) is 0.700. The van der Waals surface area contributed by atoms with Gasteiger partial charge in [0.1, 0.15) is 5.60 Å². The zero-order chi connectivity index (χ0) is 16.9. The van der Waals surface area contributed by atoms with Gasteiger partial charge in [0.25, 0.3) is 0 Å². The van der Waals surface area contributed by atoms with Gasteiger partial charge in [-0.15, -0.1) is 0 Å². The zero-order valence-corrected chi connectivity index (χ0v) is 14.2. The molecule has 1 aliphatic carbocycles. The van der Waals surface area contributed by atoms with Crippen LogP contribution in [0.15, 0.2) is 42.5 Å². The number of ketones is 1. The molecule has 0 spiro atoms. The van der Waals surface area contributed by atoms with Gasteiger partial charge in [-0.25, -0.2) is 4.79 Å². The Labute approximate surface area is 138 Å². The SMILES string of the molecule is CC(C)(C)OC(=O)/C=C/CCCC1CC1C(=O)c1ccccc1. The lowest BCUT2D eigenvalue weighted by Gasteiger charge is -2.17. The highest BCUT2D eigenvalue weighted by Crippen LogP contribution is 2.44. The van der Waals surface area contributed by atoms with Crippen molar-refractivity contribution >= 4 is 11.8 Å². The van der Waals surface area contributed by atoms with E-state index in [0.717, 1.165) is 31.2 Å². The summed E-state index contributed by atoms with van der Waals surface area (Å²) in [6, 6.07) is 9.53. The molecule has 0 radical (unpaired) electrons. The number of rotatable bonds is 7. The fourth-order valence-electron chi connectivity index (χ4n) is 2.72. The molecular weight excluding hydrogens is 288 g/mol. The lowest BCUT2D eigenvalue weighted by atomic mass is 10.0. The number of esters is 1. The van der Waals surface area contributed by atoms with E-state index in [0.29, 0.717) is 5.92 Å². The number of ether oxygens (including phenoxy) is 1. The number of benzene rings is 1. The van der Waals surface area contributed by atoms with Crippen molar-refractivity contribution < 1.29 is 14.3 Å². The van der Waals surface area contributed by atoms with E-state index in [-0.39, 0.29) is 17.7 Å². The van der Waals surface area contributed by atoms with Gasteiger partial charge < -0.3 is 4.74 Å². The van der Waals surface area contributed by atoms with Crippen LogP contribution in [-0.4, -0.2) is 17.4 Å². The first-order valence-corrected chi connectivity index (χ1v) is 8.35. The zero-order valence-electron chi connectivity index (χ0n) is 14.2. The van der Waals surface area contributed by atoms with Crippen molar-refractivity contribution in [3.8, 4) is 0 Å². The Kier molecular flexibility index (Phi) is 5.75. The van der Waals surface area contributed by atoms with Gasteiger partial charge in [-0.2, -0.15) is 0 Å². The van der Waals surface area contributed by atoms with Crippen molar-refractivity contribution in [1.29, 1.82) is 0 Å². The van der Waals surface area contributed by atoms with Crippen LogP contribution in [0, 0.1) is 11.8 Å². The van der Waals surface area contributed by atoms with Crippen LogP contribution in [0.2, 0.25) is 0 Å². The number of unbranched alkanes of at least 4 members (excludes halogenated alkanes) is 1. The summed E-state index contributed by atoms with van der Waals surface area (Å²) in [5, 5.41) is 0. The summed E-state index contributed by atoms with van der Waals surface area (Å²) >= 11 is 0. The number of Topliss-reactive ketones (excluding diaryl/α,β-unsaturated/α-hetero) is 1. The van der Waals surface area contributed by atoms with E-state index in [1.165, 1.54) is 6.08 Å². The maximum Gasteiger partial charge on any atom is 0.330 e. The van der Waals surface area contributed by atoms with Crippen molar-refractivity contribution in [3.05, 3.63) is 48.0 Å². The average molecular weight is 314 g/mol. The van der Waals surface area contributed by atoms with Crippen LogP contribution in [-0.2, 0) is 9.53 Å². The minimum atomic E-state index is -0.444. The maximum atomic E-state index is 12.3. The topological polar surface area (TPSA) is 43.4 Å². The molecule has 2 atom stereocenters. The molecule has 1 aliphatic rings. The van der Waals surface area contributed by atoms with Gasteiger partial charge in [-0.05, 0) is 52.4 Å². The van der Waals surface area contributed by atoms with Crippen molar-refractivity contribution in [2.45, 2.75) is 52.1 Å². The summed E-state index contributed by atoms with van der Waals surface area (Å²) in [4.78, 5) is 23.8. The predicted octanol–water partition coefficient (Wildman–Crippen LogP) is 4.57. The van der Waals surface area contributed by atoms with Crippen LogP contribution in [0.5, 0.6) is 0 Å². The highest BCUT2D eigenvalue weighted by Gasteiger charge is 2.42. The molecule has 0 aromatic heterocycles. The first-order chi connectivity index (χ1) is 10.9. The molecule has 1 saturated carbocycles. The van der Waals surface area contributed by atoms with Crippen LogP contribution in [0.1, 0.15) is 56.8 Å². The van der Waals surface area contributed by atoms with Gasteiger partial charge in [0.05, 0.1) is 0 Å². The monoisotopic (exact) mass is 314 g/mol. The van der Waals surface area contributed by atoms with Gasteiger partial charge in [0.15, 0.2) is 5.78 Å². The smallest absolute Gasteiger partial charge is 0.330 e. The van der Waals surface area contributed by atoms with Gasteiger partial charge in [0.2, 0.25) is 0 Å². The lowest BCUT2D eigenvalue weighted by Crippen LogP contribution is -2.22. The Morgan fingerprint density at radius 3 is 2.57 bits per heavy atom. The maximum absolute atomic E-state index is 12.3. The van der Waals surface area contributed by atoms with E-state index in [1.807, 2.05) is 57.2 Å². The molecule has 0 saturated heterocycles.